The fourth-order valence-electron chi connectivity index (χ4n) is 2.08. The van der Waals surface area contributed by atoms with Crippen molar-refractivity contribution in [3.05, 3.63) is 47.1 Å². The maximum absolute atomic E-state index is 4.70. The van der Waals surface area contributed by atoms with E-state index in [-0.39, 0.29) is 0 Å². The van der Waals surface area contributed by atoms with Gasteiger partial charge in [0.05, 0.1) is 0 Å². The second-order valence-corrected chi connectivity index (χ2v) is 4.69. The van der Waals surface area contributed by atoms with Crippen LogP contribution in [0, 0.1) is 13.8 Å². The Morgan fingerprint density at radius 3 is 2.56 bits per heavy atom. The summed E-state index contributed by atoms with van der Waals surface area (Å²) in [5, 5.41) is 7.26. The Kier molecular flexibility index (Phi) is 4.10. The third-order valence-corrected chi connectivity index (χ3v) is 2.95. The van der Waals surface area contributed by atoms with Crippen molar-refractivity contribution in [2.75, 3.05) is 6.54 Å². The van der Waals surface area contributed by atoms with Gasteiger partial charge in [-0.05, 0) is 26.3 Å². The van der Waals surface area contributed by atoms with E-state index in [1.54, 1.807) is 0 Å². The van der Waals surface area contributed by atoms with Crippen LogP contribution in [0.2, 0.25) is 0 Å². The molecular formula is C14H19N3O. The maximum atomic E-state index is 4.70. The van der Waals surface area contributed by atoms with E-state index in [1.165, 1.54) is 23.1 Å². The highest BCUT2D eigenvalue weighted by Crippen LogP contribution is 2.16. The van der Waals surface area contributed by atoms with Crippen molar-refractivity contribution in [3.63, 3.8) is 0 Å². The molecule has 0 radical (unpaired) electrons. The highest BCUT2D eigenvalue weighted by Gasteiger charge is 2.06. The first kappa shape index (κ1) is 12.8. The van der Waals surface area contributed by atoms with E-state index >= 15 is 0 Å². The molecule has 0 aliphatic carbocycles. The molecule has 4 nitrogen and oxygen atoms in total. The summed E-state index contributed by atoms with van der Waals surface area (Å²) in [5.41, 5.74) is 3.93. The molecule has 2 rings (SSSR count). The van der Waals surface area contributed by atoms with Crippen LogP contribution in [0.4, 0.5) is 0 Å². The molecule has 0 fully saturated rings. The lowest BCUT2D eigenvalue weighted by Gasteiger charge is -2.15. The molecular weight excluding hydrogens is 226 g/mol. The predicted octanol–water partition coefficient (Wildman–Crippen LogP) is 2.58. The minimum absolute atomic E-state index is 0.329. The molecule has 4 heteroatoms. The van der Waals surface area contributed by atoms with Gasteiger partial charge in [-0.25, -0.2) is 0 Å². The molecule has 1 unspecified atom stereocenters. The third-order valence-electron chi connectivity index (χ3n) is 2.95. The Hall–Kier alpha value is -1.68. The van der Waals surface area contributed by atoms with Crippen molar-refractivity contribution < 1.29 is 4.52 Å². The van der Waals surface area contributed by atoms with Crippen LogP contribution in [0.1, 0.15) is 35.5 Å². The minimum Gasteiger partial charge on any atom is -0.343 e. The zero-order valence-electron chi connectivity index (χ0n) is 11.1. The summed E-state index contributed by atoms with van der Waals surface area (Å²) < 4.78 is 4.70. The monoisotopic (exact) mass is 245 g/mol. The smallest absolute Gasteiger partial charge is 0.213 e. The molecule has 1 heterocycles. The second-order valence-electron chi connectivity index (χ2n) is 4.69. The lowest BCUT2D eigenvalue weighted by molar-refractivity contribution is 0.408. The first-order valence-corrected chi connectivity index (χ1v) is 6.22. The van der Waals surface area contributed by atoms with E-state index < -0.39 is 0 Å². The standard InChI is InChI=1S/C14H19N3O/c1-10-6-11(2)8-13(7-10)12(3)15-5-4-14-16-9-18-17-14/h6-9,12,15H,4-5H2,1-3H3. The Bertz CT molecular complexity index is 473. The van der Waals surface area contributed by atoms with Crippen LogP contribution in [0.25, 0.3) is 0 Å². The highest BCUT2D eigenvalue weighted by molar-refractivity contribution is 5.30. The van der Waals surface area contributed by atoms with Crippen molar-refractivity contribution in [3.8, 4) is 0 Å². The molecule has 0 spiro atoms. The van der Waals surface area contributed by atoms with Crippen molar-refractivity contribution in [1.82, 2.24) is 15.5 Å². The predicted molar refractivity (Wildman–Crippen MR) is 70.3 cm³/mol. The first-order valence-electron chi connectivity index (χ1n) is 6.22. The van der Waals surface area contributed by atoms with Crippen LogP contribution in [0.5, 0.6) is 0 Å². The fourth-order valence-corrected chi connectivity index (χ4v) is 2.08. The fraction of sp³-hybridized carbons (Fsp3) is 0.429. The first-order chi connectivity index (χ1) is 8.65. The van der Waals surface area contributed by atoms with Gasteiger partial charge in [0.15, 0.2) is 5.82 Å². The number of benzene rings is 1. The number of nitrogens with one attached hydrogen (secondary N) is 1. The van der Waals surface area contributed by atoms with E-state index in [1.807, 2.05) is 0 Å². The van der Waals surface area contributed by atoms with E-state index in [4.69, 9.17) is 4.52 Å². The van der Waals surface area contributed by atoms with Gasteiger partial charge in [-0.2, -0.15) is 4.98 Å². The Morgan fingerprint density at radius 1 is 1.22 bits per heavy atom. The third kappa shape index (κ3) is 3.40. The minimum atomic E-state index is 0.329. The van der Waals surface area contributed by atoms with Gasteiger partial charge in [0.25, 0.3) is 0 Å². The van der Waals surface area contributed by atoms with Gasteiger partial charge in [0.1, 0.15) is 0 Å². The van der Waals surface area contributed by atoms with Gasteiger partial charge >= 0.3 is 0 Å². The highest BCUT2D eigenvalue weighted by atomic mass is 16.5. The quantitative estimate of drug-likeness (QED) is 0.879. The van der Waals surface area contributed by atoms with Crippen molar-refractivity contribution >= 4 is 0 Å². The maximum Gasteiger partial charge on any atom is 0.213 e. The van der Waals surface area contributed by atoms with Crippen LogP contribution < -0.4 is 5.32 Å². The number of aryl methyl sites for hydroxylation is 2. The van der Waals surface area contributed by atoms with Gasteiger partial charge < -0.3 is 9.84 Å². The van der Waals surface area contributed by atoms with Gasteiger partial charge in [-0.3, -0.25) is 0 Å². The van der Waals surface area contributed by atoms with Gasteiger partial charge in [-0.1, -0.05) is 34.5 Å². The molecule has 0 aliphatic rings. The number of hydrogen-bond donors (Lipinski definition) is 1. The largest absolute Gasteiger partial charge is 0.343 e. The SMILES string of the molecule is Cc1cc(C)cc(C(C)NCCc2ncon2)c1. The van der Waals surface area contributed by atoms with Gasteiger partial charge in [-0.15, -0.1) is 0 Å². The van der Waals surface area contributed by atoms with Crippen LogP contribution in [-0.4, -0.2) is 16.7 Å². The van der Waals surface area contributed by atoms with Crippen molar-refractivity contribution in [2.24, 2.45) is 0 Å². The molecule has 1 N–H and O–H groups in total. The second kappa shape index (κ2) is 5.78. The topological polar surface area (TPSA) is 51.0 Å². The van der Waals surface area contributed by atoms with Crippen LogP contribution >= 0.6 is 0 Å². The molecule has 1 aromatic carbocycles. The molecule has 0 saturated heterocycles. The lowest BCUT2D eigenvalue weighted by atomic mass is 10.0. The van der Waals surface area contributed by atoms with Gasteiger partial charge in [0.2, 0.25) is 6.39 Å². The summed E-state index contributed by atoms with van der Waals surface area (Å²) in [6.45, 7) is 7.27. The van der Waals surface area contributed by atoms with E-state index in [0.29, 0.717) is 6.04 Å². The number of rotatable bonds is 5. The Morgan fingerprint density at radius 2 is 1.94 bits per heavy atom. The molecule has 96 valence electrons. The summed E-state index contributed by atoms with van der Waals surface area (Å²) in [6, 6.07) is 6.96. The molecule has 18 heavy (non-hydrogen) atoms. The lowest BCUT2D eigenvalue weighted by Crippen LogP contribution is -2.21. The van der Waals surface area contributed by atoms with Crippen LogP contribution in [0.15, 0.2) is 29.1 Å². The Labute approximate surface area is 107 Å². The zero-order valence-corrected chi connectivity index (χ0v) is 11.1. The van der Waals surface area contributed by atoms with E-state index in [2.05, 4.69) is 54.4 Å². The van der Waals surface area contributed by atoms with E-state index in [9.17, 15) is 0 Å². The average molecular weight is 245 g/mol. The van der Waals surface area contributed by atoms with Gasteiger partial charge in [0, 0.05) is 19.0 Å². The molecule has 1 atom stereocenters. The summed E-state index contributed by atoms with van der Waals surface area (Å²) in [4.78, 5) is 4.00. The average Bonchev–Trinajstić information content (AvgIpc) is 2.80. The molecule has 0 amide bonds. The normalized spacial score (nSPS) is 12.6. The zero-order chi connectivity index (χ0) is 13.0. The molecule has 0 aliphatic heterocycles. The Balaban J connectivity index is 1.89. The molecule has 0 saturated carbocycles. The summed E-state index contributed by atoms with van der Waals surface area (Å²) in [7, 11) is 0. The van der Waals surface area contributed by atoms with Crippen LogP contribution in [-0.2, 0) is 6.42 Å². The summed E-state index contributed by atoms with van der Waals surface area (Å²) >= 11 is 0. The van der Waals surface area contributed by atoms with Crippen molar-refractivity contribution in [1.29, 1.82) is 0 Å². The summed E-state index contributed by atoms with van der Waals surface area (Å²) in [6.07, 6.45) is 2.15. The summed E-state index contributed by atoms with van der Waals surface area (Å²) in [5.74, 6) is 0.745. The van der Waals surface area contributed by atoms with Crippen molar-refractivity contribution in [2.45, 2.75) is 33.2 Å². The number of nitrogens with zero attached hydrogens (tertiary/aromatic N) is 2. The molecule has 1 aromatic heterocycles. The molecule has 2 aromatic rings. The number of hydrogen-bond acceptors (Lipinski definition) is 4. The number of aromatic nitrogens is 2. The van der Waals surface area contributed by atoms with Crippen LogP contribution in [0.3, 0.4) is 0 Å². The molecule has 0 bridgehead atoms. The van der Waals surface area contributed by atoms with E-state index in [0.717, 1.165) is 18.8 Å².